The number of alkyl halides is 3. The third-order valence-electron chi connectivity index (χ3n) is 5.72. The molecule has 182 valence electrons. The zero-order valence-corrected chi connectivity index (χ0v) is 18.6. The Morgan fingerprint density at radius 1 is 0.971 bits per heavy atom. The number of halogens is 3. The summed E-state index contributed by atoms with van der Waals surface area (Å²) in [7, 11) is 0. The minimum atomic E-state index is -5.11. The van der Waals surface area contributed by atoms with Crippen molar-refractivity contribution in [1.29, 1.82) is 0 Å². The van der Waals surface area contributed by atoms with E-state index in [1.807, 2.05) is 48.5 Å². The third-order valence-corrected chi connectivity index (χ3v) is 5.72. The standard InChI is InChI=1S/C24H25F3N2O5/c1-13(2)19(11-20(30)31)28-22(32)21(24(25,26)27)29-23(33)34-12-18-16-9-5-3-7-14(16)15-8-4-6-10-17(15)18/h3-10,13,18-19,21H,11-12H2,1-2H3,(H,28,32)(H,29,33)(H,30,31)/t19-,21?/m1/s1. The van der Waals surface area contributed by atoms with Crippen molar-refractivity contribution in [1.82, 2.24) is 10.6 Å². The van der Waals surface area contributed by atoms with Crippen molar-refractivity contribution < 1.29 is 37.4 Å². The van der Waals surface area contributed by atoms with Crippen LogP contribution in [0, 0.1) is 5.92 Å². The Hall–Kier alpha value is -3.56. The van der Waals surface area contributed by atoms with Crippen LogP contribution in [0.2, 0.25) is 0 Å². The van der Waals surface area contributed by atoms with Gasteiger partial charge in [-0.25, -0.2) is 4.79 Å². The fraction of sp³-hybridized carbons (Fsp3) is 0.375. The number of carbonyl (C=O) groups is 3. The Bertz CT molecular complexity index is 1030. The summed E-state index contributed by atoms with van der Waals surface area (Å²) in [5, 5.41) is 12.6. The number of carboxylic acids is 1. The molecule has 0 aliphatic heterocycles. The maximum Gasteiger partial charge on any atom is 0.417 e. The Kier molecular flexibility index (Phi) is 7.48. The summed E-state index contributed by atoms with van der Waals surface area (Å²) in [4.78, 5) is 35.6. The number of ether oxygens (including phenoxy) is 1. The normalized spacial score (nSPS) is 14.6. The number of benzene rings is 2. The number of hydrogen-bond donors (Lipinski definition) is 3. The Labute approximate surface area is 194 Å². The van der Waals surface area contributed by atoms with Gasteiger partial charge in [0.05, 0.1) is 6.42 Å². The van der Waals surface area contributed by atoms with Crippen LogP contribution in [0.25, 0.3) is 11.1 Å². The summed E-state index contributed by atoms with van der Waals surface area (Å²) < 4.78 is 45.7. The minimum Gasteiger partial charge on any atom is -0.481 e. The molecule has 2 amide bonds. The fourth-order valence-corrected chi connectivity index (χ4v) is 3.96. The van der Waals surface area contributed by atoms with Gasteiger partial charge in [0.1, 0.15) is 6.61 Å². The van der Waals surface area contributed by atoms with Gasteiger partial charge in [-0.1, -0.05) is 62.4 Å². The SMILES string of the molecule is CC(C)[C@@H](CC(=O)O)NC(=O)C(NC(=O)OCC1c2ccccc2-c2ccccc21)C(F)(F)F. The third kappa shape index (κ3) is 5.67. The monoisotopic (exact) mass is 478 g/mol. The van der Waals surface area contributed by atoms with Gasteiger partial charge in [0.2, 0.25) is 6.04 Å². The molecule has 7 nitrogen and oxygen atoms in total. The van der Waals surface area contributed by atoms with E-state index in [1.54, 1.807) is 19.2 Å². The average molecular weight is 478 g/mol. The zero-order chi connectivity index (χ0) is 25.0. The lowest BCUT2D eigenvalue weighted by atomic mass is 9.98. The molecule has 2 aromatic carbocycles. The van der Waals surface area contributed by atoms with E-state index >= 15 is 0 Å². The van der Waals surface area contributed by atoms with Gasteiger partial charge in [-0.05, 0) is 28.2 Å². The highest BCUT2D eigenvalue weighted by Gasteiger charge is 2.47. The highest BCUT2D eigenvalue weighted by molar-refractivity contribution is 5.87. The lowest BCUT2D eigenvalue weighted by molar-refractivity contribution is -0.168. The molecule has 1 aliphatic carbocycles. The molecule has 0 fully saturated rings. The lowest BCUT2D eigenvalue weighted by Gasteiger charge is -2.26. The van der Waals surface area contributed by atoms with E-state index in [-0.39, 0.29) is 12.5 Å². The second-order valence-corrected chi connectivity index (χ2v) is 8.40. The van der Waals surface area contributed by atoms with E-state index in [2.05, 4.69) is 5.32 Å². The van der Waals surface area contributed by atoms with Crippen LogP contribution in [0.4, 0.5) is 18.0 Å². The summed E-state index contributed by atoms with van der Waals surface area (Å²) in [5.41, 5.74) is 3.68. The van der Waals surface area contributed by atoms with Crippen molar-refractivity contribution in [3.8, 4) is 11.1 Å². The first-order valence-electron chi connectivity index (χ1n) is 10.7. The number of alkyl carbamates (subject to hydrolysis) is 1. The topological polar surface area (TPSA) is 105 Å². The first-order valence-corrected chi connectivity index (χ1v) is 10.7. The second-order valence-electron chi connectivity index (χ2n) is 8.40. The summed E-state index contributed by atoms with van der Waals surface area (Å²) in [5.74, 6) is -3.63. The van der Waals surface area contributed by atoms with Crippen LogP contribution in [-0.4, -0.2) is 47.9 Å². The molecule has 2 atom stereocenters. The molecule has 1 aliphatic rings. The molecule has 0 bridgehead atoms. The van der Waals surface area contributed by atoms with Crippen molar-refractivity contribution in [2.75, 3.05) is 6.61 Å². The number of nitrogens with one attached hydrogen (secondary N) is 2. The second kappa shape index (κ2) is 10.1. The molecule has 0 spiro atoms. The maximum atomic E-state index is 13.5. The van der Waals surface area contributed by atoms with E-state index in [4.69, 9.17) is 9.84 Å². The van der Waals surface area contributed by atoms with Gasteiger partial charge in [-0.3, -0.25) is 9.59 Å². The number of fused-ring (bicyclic) bond motifs is 3. The number of hydrogen-bond acceptors (Lipinski definition) is 4. The maximum absolute atomic E-state index is 13.5. The molecule has 0 aromatic heterocycles. The number of amides is 2. The van der Waals surface area contributed by atoms with Crippen LogP contribution >= 0.6 is 0 Å². The minimum absolute atomic E-state index is 0.223. The van der Waals surface area contributed by atoms with E-state index in [0.717, 1.165) is 22.3 Å². The van der Waals surface area contributed by atoms with Crippen LogP contribution < -0.4 is 10.6 Å². The Morgan fingerprint density at radius 3 is 1.97 bits per heavy atom. The number of carbonyl (C=O) groups excluding carboxylic acids is 2. The molecule has 0 saturated carbocycles. The molecule has 1 unspecified atom stereocenters. The molecule has 0 heterocycles. The van der Waals surface area contributed by atoms with Gasteiger partial charge in [0, 0.05) is 12.0 Å². The van der Waals surface area contributed by atoms with Crippen molar-refractivity contribution in [3.05, 3.63) is 59.7 Å². The van der Waals surface area contributed by atoms with Crippen molar-refractivity contribution in [3.63, 3.8) is 0 Å². The summed E-state index contributed by atoms with van der Waals surface area (Å²) in [6.07, 6.45) is -7.07. The molecule has 2 aromatic rings. The summed E-state index contributed by atoms with van der Waals surface area (Å²) in [6, 6.07) is 11.0. The molecule has 34 heavy (non-hydrogen) atoms. The van der Waals surface area contributed by atoms with Crippen molar-refractivity contribution >= 4 is 18.0 Å². The van der Waals surface area contributed by atoms with E-state index in [9.17, 15) is 27.6 Å². The predicted molar refractivity (Wildman–Crippen MR) is 117 cm³/mol. The Morgan fingerprint density at radius 2 is 1.50 bits per heavy atom. The quantitative estimate of drug-likeness (QED) is 0.531. The van der Waals surface area contributed by atoms with Crippen LogP contribution in [-0.2, 0) is 14.3 Å². The average Bonchev–Trinajstić information content (AvgIpc) is 3.08. The number of rotatable bonds is 8. The smallest absolute Gasteiger partial charge is 0.417 e. The number of carboxylic acid groups (broad SMARTS) is 1. The van der Waals surface area contributed by atoms with Crippen LogP contribution in [0.5, 0.6) is 0 Å². The largest absolute Gasteiger partial charge is 0.481 e. The van der Waals surface area contributed by atoms with Gasteiger partial charge in [0.25, 0.3) is 5.91 Å². The van der Waals surface area contributed by atoms with Crippen LogP contribution in [0.15, 0.2) is 48.5 Å². The van der Waals surface area contributed by atoms with E-state index in [0.29, 0.717) is 0 Å². The molecule has 0 saturated heterocycles. The Balaban J connectivity index is 1.69. The van der Waals surface area contributed by atoms with E-state index < -0.39 is 48.6 Å². The number of aliphatic carboxylic acids is 1. The molecule has 3 N–H and O–H groups in total. The highest BCUT2D eigenvalue weighted by Crippen LogP contribution is 2.44. The summed E-state index contributed by atoms with van der Waals surface area (Å²) in [6.45, 7) is 2.91. The molecular formula is C24H25F3N2O5. The first kappa shape index (κ1) is 25.1. The molecular weight excluding hydrogens is 453 g/mol. The van der Waals surface area contributed by atoms with E-state index in [1.165, 1.54) is 0 Å². The fourth-order valence-electron chi connectivity index (χ4n) is 3.96. The molecule has 0 radical (unpaired) electrons. The zero-order valence-electron chi connectivity index (χ0n) is 18.6. The summed E-state index contributed by atoms with van der Waals surface area (Å²) >= 11 is 0. The van der Waals surface area contributed by atoms with Gasteiger partial charge in [-0.2, -0.15) is 13.2 Å². The van der Waals surface area contributed by atoms with Gasteiger partial charge < -0.3 is 20.5 Å². The molecule has 3 rings (SSSR count). The van der Waals surface area contributed by atoms with Crippen molar-refractivity contribution in [2.24, 2.45) is 5.92 Å². The lowest BCUT2D eigenvalue weighted by Crippen LogP contribution is -2.57. The van der Waals surface area contributed by atoms with Crippen LogP contribution in [0.3, 0.4) is 0 Å². The first-order chi connectivity index (χ1) is 16.0. The molecule has 10 heteroatoms. The van der Waals surface area contributed by atoms with Gasteiger partial charge in [-0.15, -0.1) is 0 Å². The van der Waals surface area contributed by atoms with Crippen molar-refractivity contribution in [2.45, 2.75) is 44.4 Å². The van der Waals surface area contributed by atoms with Crippen LogP contribution in [0.1, 0.15) is 37.3 Å². The predicted octanol–water partition coefficient (Wildman–Crippen LogP) is 4.07. The van der Waals surface area contributed by atoms with Gasteiger partial charge in [0.15, 0.2) is 0 Å². The highest BCUT2D eigenvalue weighted by atomic mass is 19.4. The van der Waals surface area contributed by atoms with Gasteiger partial charge >= 0.3 is 18.2 Å².